The van der Waals surface area contributed by atoms with E-state index < -0.39 is 5.56 Å². The molecule has 0 radical (unpaired) electrons. The summed E-state index contributed by atoms with van der Waals surface area (Å²) in [7, 11) is 1.53. The van der Waals surface area contributed by atoms with Gasteiger partial charge >= 0.3 is 0 Å². The molecule has 0 saturated carbocycles. The highest BCUT2D eigenvalue weighted by atomic mass is 16.5. The molecule has 0 aromatic carbocycles. The maximum Gasteiger partial charge on any atom is 0.280 e. The lowest BCUT2D eigenvalue weighted by molar-refractivity contribution is -0.118. The fraction of sp³-hybridized carbons (Fsp3) is 0.600. The fourth-order valence-corrected chi connectivity index (χ4v) is 2.31. The molecule has 24 heavy (non-hydrogen) atoms. The lowest BCUT2D eigenvalue weighted by Gasteiger charge is -2.19. The third-order valence-electron chi connectivity index (χ3n) is 3.81. The molecule has 2 unspecified atom stereocenters. The summed E-state index contributed by atoms with van der Waals surface area (Å²) in [6.07, 6.45) is 1.73. The van der Waals surface area contributed by atoms with E-state index in [-0.39, 0.29) is 42.0 Å². The van der Waals surface area contributed by atoms with Gasteiger partial charge in [0.25, 0.3) is 5.56 Å². The minimum absolute atomic E-state index is 0.0885. The number of anilines is 1. The Labute approximate surface area is 139 Å². The number of amides is 1. The molecule has 2 heterocycles. The van der Waals surface area contributed by atoms with Crippen LogP contribution in [0.3, 0.4) is 0 Å². The number of rotatable bonds is 7. The molecular formula is C15H23N5O4. The molecule has 3 N–H and O–H groups in total. The molecular weight excluding hydrogens is 314 g/mol. The smallest absolute Gasteiger partial charge is 0.280 e. The zero-order valence-corrected chi connectivity index (χ0v) is 14.2. The van der Waals surface area contributed by atoms with Crippen molar-refractivity contribution in [2.24, 2.45) is 5.92 Å². The maximum atomic E-state index is 12.1. The van der Waals surface area contributed by atoms with E-state index in [0.717, 1.165) is 0 Å². The van der Waals surface area contributed by atoms with Crippen LogP contribution < -0.4 is 10.9 Å². The van der Waals surface area contributed by atoms with Gasteiger partial charge in [-0.25, -0.2) is 4.98 Å². The van der Waals surface area contributed by atoms with Gasteiger partial charge in [0.15, 0.2) is 11.2 Å². The second-order valence-corrected chi connectivity index (χ2v) is 6.01. The maximum absolute atomic E-state index is 12.1. The first-order chi connectivity index (χ1) is 11.4. The van der Waals surface area contributed by atoms with Crippen molar-refractivity contribution in [3.05, 3.63) is 16.7 Å². The first-order valence-corrected chi connectivity index (χ1v) is 7.78. The minimum atomic E-state index is -0.421. The zero-order chi connectivity index (χ0) is 17.9. The van der Waals surface area contributed by atoms with Crippen molar-refractivity contribution in [2.75, 3.05) is 19.0 Å². The number of aliphatic hydroxyl groups is 1. The van der Waals surface area contributed by atoms with Crippen molar-refractivity contribution >= 4 is 23.0 Å². The Bertz CT molecular complexity index is 763. The monoisotopic (exact) mass is 337 g/mol. The predicted molar refractivity (Wildman–Crippen MR) is 88.8 cm³/mol. The number of carbonyl (C=O) groups is 1. The van der Waals surface area contributed by atoms with Crippen LogP contribution in [0.4, 0.5) is 5.95 Å². The number of ether oxygens (including phenoxy) is 1. The van der Waals surface area contributed by atoms with Crippen LogP contribution >= 0.6 is 0 Å². The van der Waals surface area contributed by atoms with Crippen LogP contribution in [-0.4, -0.2) is 50.4 Å². The third kappa shape index (κ3) is 3.80. The minimum Gasteiger partial charge on any atom is -0.394 e. The summed E-state index contributed by atoms with van der Waals surface area (Å²) in [6, 6.07) is -0.102. The molecule has 9 heteroatoms. The summed E-state index contributed by atoms with van der Waals surface area (Å²) in [6.45, 7) is 5.31. The van der Waals surface area contributed by atoms with Crippen LogP contribution in [0.5, 0.6) is 0 Å². The number of nitrogens with zero attached hydrogens (tertiary/aromatic N) is 3. The van der Waals surface area contributed by atoms with Gasteiger partial charge in [-0.2, -0.15) is 4.98 Å². The van der Waals surface area contributed by atoms with E-state index in [0.29, 0.717) is 12.1 Å². The Morgan fingerprint density at radius 2 is 2.17 bits per heavy atom. The molecule has 0 aliphatic rings. The molecule has 2 aromatic rings. The van der Waals surface area contributed by atoms with Crippen LogP contribution in [0.15, 0.2) is 11.1 Å². The zero-order valence-electron chi connectivity index (χ0n) is 14.2. The van der Waals surface area contributed by atoms with E-state index in [4.69, 9.17) is 4.74 Å². The molecule has 2 atom stereocenters. The van der Waals surface area contributed by atoms with E-state index in [1.807, 2.05) is 6.92 Å². The van der Waals surface area contributed by atoms with Crippen molar-refractivity contribution in [3.63, 3.8) is 0 Å². The molecule has 1 amide bonds. The fourth-order valence-electron chi connectivity index (χ4n) is 2.31. The van der Waals surface area contributed by atoms with Crippen molar-refractivity contribution in [3.8, 4) is 0 Å². The molecule has 0 spiro atoms. The van der Waals surface area contributed by atoms with Crippen molar-refractivity contribution in [1.82, 2.24) is 19.5 Å². The van der Waals surface area contributed by atoms with Crippen LogP contribution in [-0.2, 0) is 9.53 Å². The molecule has 9 nitrogen and oxygen atoms in total. The summed E-state index contributed by atoms with van der Waals surface area (Å²) in [5.41, 5.74) is 0.149. The van der Waals surface area contributed by atoms with E-state index in [1.165, 1.54) is 13.4 Å². The topological polar surface area (TPSA) is 122 Å². The molecule has 0 fully saturated rings. The molecule has 0 saturated heterocycles. The third-order valence-corrected chi connectivity index (χ3v) is 3.81. The van der Waals surface area contributed by atoms with E-state index >= 15 is 0 Å². The highest BCUT2D eigenvalue weighted by Crippen LogP contribution is 2.19. The standard InChI is InChI=1S/C15H23N5O4/c1-8(2)13(22)18-15-17-12-11(14(23)19-15)16-7-20(12)9(3)5-10(6-21)24-4/h7-10,21H,5-6H2,1-4H3,(H2,17,18,19,22,23). The number of fused-ring (bicyclic) bond motifs is 1. The Hall–Kier alpha value is -2.26. The molecule has 0 aliphatic carbocycles. The summed E-state index contributed by atoms with van der Waals surface area (Å²) in [5, 5.41) is 11.8. The summed E-state index contributed by atoms with van der Waals surface area (Å²) in [4.78, 5) is 34.8. The number of imidazole rings is 1. The predicted octanol–water partition coefficient (Wildman–Crippen LogP) is 0.672. The number of nitrogens with one attached hydrogen (secondary N) is 2. The number of carbonyl (C=O) groups excluding carboxylic acids is 1. The van der Waals surface area contributed by atoms with Crippen LogP contribution in [0.1, 0.15) is 33.2 Å². The number of hydrogen-bond acceptors (Lipinski definition) is 6. The SMILES string of the molecule is COC(CO)CC(C)n1cnc2c(=O)[nH]c(NC(=O)C(C)C)nc21. The van der Waals surface area contributed by atoms with E-state index in [9.17, 15) is 14.7 Å². The van der Waals surface area contributed by atoms with E-state index in [1.54, 1.807) is 18.4 Å². The number of aromatic nitrogens is 4. The molecule has 0 aliphatic heterocycles. The number of aliphatic hydroxyl groups excluding tert-OH is 1. The van der Waals surface area contributed by atoms with Gasteiger partial charge in [0.1, 0.15) is 0 Å². The first kappa shape index (κ1) is 18.1. The Morgan fingerprint density at radius 3 is 2.75 bits per heavy atom. The molecule has 132 valence electrons. The Morgan fingerprint density at radius 1 is 1.46 bits per heavy atom. The average molecular weight is 337 g/mol. The number of H-pyrrole nitrogens is 1. The van der Waals surface area contributed by atoms with Crippen molar-refractivity contribution < 1.29 is 14.6 Å². The van der Waals surface area contributed by atoms with Crippen LogP contribution in [0.2, 0.25) is 0 Å². The number of methoxy groups -OCH3 is 1. The van der Waals surface area contributed by atoms with Gasteiger partial charge in [0.2, 0.25) is 11.9 Å². The lowest BCUT2D eigenvalue weighted by atomic mass is 10.1. The Kier molecular flexibility index (Phi) is 5.68. The molecule has 2 aromatic heterocycles. The van der Waals surface area contributed by atoms with Gasteiger partial charge in [-0.1, -0.05) is 13.8 Å². The lowest BCUT2D eigenvalue weighted by Crippen LogP contribution is -2.23. The number of aromatic amines is 1. The quantitative estimate of drug-likeness (QED) is 0.682. The van der Waals surface area contributed by atoms with Gasteiger partial charge in [-0.15, -0.1) is 0 Å². The van der Waals surface area contributed by atoms with Crippen molar-refractivity contribution in [2.45, 2.75) is 39.3 Å². The molecule has 0 bridgehead atoms. The molecule has 2 rings (SSSR count). The van der Waals surface area contributed by atoms with Crippen molar-refractivity contribution in [1.29, 1.82) is 0 Å². The van der Waals surface area contributed by atoms with Gasteiger partial charge in [0.05, 0.1) is 19.0 Å². The average Bonchev–Trinajstić information content (AvgIpc) is 2.96. The normalized spacial score (nSPS) is 14.1. The van der Waals surface area contributed by atoms with Crippen LogP contribution in [0, 0.1) is 5.92 Å². The van der Waals surface area contributed by atoms with E-state index in [2.05, 4.69) is 20.3 Å². The second-order valence-electron chi connectivity index (χ2n) is 6.01. The summed E-state index contributed by atoms with van der Waals surface area (Å²) in [5.74, 6) is -0.385. The first-order valence-electron chi connectivity index (χ1n) is 7.78. The second kappa shape index (κ2) is 7.54. The van der Waals surface area contributed by atoms with Gasteiger partial charge < -0.3 is 14.4 Å². The van der Waals surface area contributed by atoms with Gasteiger partial charge in [-0.3, -0.25) is 19.9 Å². The Balaban J connectivity index is 2.37. The number of hydrogen-bond donors (Lipinski definition) is 3. The van der Waals surface area contributed by atoms with Gasteiger partial charge in [0, 0.05) is 19.1 Å². The highest BCUT2D eigenvalue weighted by molar-refractivity contribution is 5.91. The summed E-state index contributed by atoms with van der Waals surface area (Å²) < 4.78 is 6.91. The van der Waals surface area contributed by atoms with Crippen LogP contribution in [0.25, 0.3) is 11.2 Å². The van der Waals surface area contributed by atoms with Gasteiger partial charge in [-0.05, 0) is 13.3 Å². The summed E-state index contributed by atoms with van der Waals surface area (Å²) >= 11 is 0. The highest BCUT2D eigenvalue weighted by Gasteiger charge is 2.18. The largest absolute Gasteiger partial charge is 0.394 e.